The average molecular weight is 320 g/mol. The molecule has 0 heterocycles. The molecule has 1 aromatic carbocycles. The van der Waals surface area contributed by atoms with Crippen LogP contribution in [0, 0.1) is 5.82 Å². The van der Waals surface area contributed by atoms with Gasteiger partial charge < -0.3 is 15.2 Å². The highest BCUT2D eigenvalue weighted by atomic mass is 79.9. The summed E-state index contributed by atoms with van der Waals surface area (Å²) in [7, 11) is 0. The van der Waals surface area contributed by atoms with Crippen LogP contribution in [0.5, 0.6) is 5.75 Å². The van der Waals surface area contributed by atoms with E-state index in [0.29, 0.717) is 10.2 Å². The van der Waals surface area contributed by atoms with Gasteiger partial charge in [-0.1, -0.05) is 0 Å². The SMILES string of the molecule is O=C(O)CCNC(=O)COc1ccc(F)cc1Br. The van der Waals surface area contributed by atoms with Crippen molar-refractivity contribution < 1.29 is 23.8 Å². The number of nitrogens with one attached hydrogen (secondary N) is 1. The molecule has 1 aromatic rings. The number of halogens is 2. The van der Waals surface area contributed by atoms with Crippen LogP contribution in [0.3, 0.4) is 0 Å². The molecule has 1 amide bonds. The quantitative estimate of drug-likeness (QED) is 0.834. The van der Waals surface area contributed by atoms with Gasteiger partial charge in [0, 0.05) is 6.54 Å². The summed E-state index contributed by atoms with van der Waals surface area (Å²) in [5.74, 6) is -1.50. The molecule has 0 aromatic heterocycles. The van der Waals surface area contributed by atoms with E-state index < -0.39 is 17.7 Å². The van der Waals surface area contributed by atoms with Gasteiger partial charge in [0.05, 0.1) is 10.9 Å². The first-order valence-corrected chi connectivity index (χ1v) is 5.84. The molecule has 0 saturated carbocycles. The Balaban J connectivity index is 2.36. The van der Waals surface area contributed by atoms with Crippen LogP contribution in [0.25, 0.3) is 0 Å². The Morgan fingerprint density at radius 2 is 2.17 bits per heavy atom. The van der Waals surface area contributed by atoms with Gasteiger partial charge in [-0.2, -0.15) is 0 Å². The summed E-state index contributed by atoms with van der Waals surface area (Å²) < 4.78 is 18.3. The number of carbonyl (C=O) groups excluding carboxylic acids is 1. The minimum absolute atomic E-state index is 0.0438. The Hall–Kier alpha value is -1.63. The molecular formula is C11H11BrFNO4. The zero-order chi connectivity index (χ0) is 13.5. The van der Waals surface area contributed by atoms with Crippen LogP contribution in [-0.2, 0) is 9.59 Å². The number of ether oxygens (including phenoxy) is 1. The number of benzene rings is 1. The van der Waals surface area contributed by atoms with Gasteiger partial charge in [0.25, 0.3) is 5.91 Å². The fraction of sp³-hybridized carbons (Fsp3) is 0.273. The van der Waals surface area contributed by atoms with Crippen molar-refractivity contribution in [3.05, 3.63) is 28.5 Å². The van der Waals surface area contributed by atoms with Crippen LogP contribution in [0.1, 0.15) is 6.42 Å². The molecule has 18 heavy (non-hydrogen) atoms. The molecule has 2 N–H and O–H groups in total. The molecule has 98 valence electrons. The summed E-state index contributed by atoms with van der Waals surface area (Å²) in [5, 5.41) is 10.8. The first-order chi connectivity index (χ1) is 8.49. The van der Waals surface area contributed by atoms with Crippen molar-refractivity contribution in [1.29, 1.82) is 0 Å². The minimum Gasteiger partial charge on any atom is -0.483 e. The molecule has 7 heteroatoms. The third-order valence-electron chi connectivity index (χ3n) is 1.91. The van der Waals surface area contributed by atoms with Gasteiger partial charge in [-0.3, -0.25) is 9.59 Å². The Kier molecular flexibility index (Phi) is 5.57. The van der Waals surface area contributed by atoms with E-state index in [1.54, 1.807) is 0 Å². The summed E-state index contributed by atoms with van der Waals surface area (Å²) in [4.78, 5) is 21.5. The second-order valence-electron chi connectivity index (χ2n) is 3.36. The van der Waals surface area contributed by atoms with E-state index in [0.717, 1.165) is 0 Å². The van der Waals surface area contributed by atoms with Gasteiger partial charge in [-0.15, -0.1) is 0 Å². The van der Waals surface area contributed by atoms with Crippen molar-refractivity contribution in [2.45, 2.75) is 6.42 Å². The maximum Gasteiger partial charge on any atom is 0.305 e. The summed E-state index contributed by atoms with van der Waals surface area (Å²) in [5.41, 5.74) is 0. The molecule has 0 bridgehead atoms. The maximum atomic E-state index is 12.8. The first kappa shape index (κ1) is 14.4. The van der Waals surface area contributed by atoms with E-state index in [9.17, 15) is 14.0 Å². The lowest BCUT2D eigenvalue weighted by atomic mass is 10.3. The molecule has 0 radical (unpaired) electrons. The van der Waals surface area contributed by atoms with E-state index >= 15 is 0 Å². The lowest BCUT2D eigenvalue weighted by molar-refractivity contribution is -0.137. The number of amides is 1. The lowest BCUT2D eigenvalue weighted by Crippen LogP contribution is -2.30. The minimum atomic E-state index is -0.988. The van der Waals surface area contributed by atoms with Gasteiger partial charge in [0.15, 0.2) is 6.61 Å². The van der Waals surface area contributed by atoms with Crippen molar-refractivity contribution in [2.24, 2.45) is 0 Å². The summed E-state index contributed by atoms with van der Waals surface area (Å²) >= 11 is 3.09. The highest BCUT2D eigenvalue weighted by molar-refractivity contribution is 9.10. The van der Waals surface area contributed by atoms with Gasteiger partial charge in [0.2, 0.25) is 0 Å². The molecule has 0 aliphatic carbocycles. The predicted octanol–water partition coefficient (Wildman–Crippen LogP) is 1.56. The standard InChI is InChI=1S/C11H11BrFNO4/c12-8-5-7(13)1-2-9(8)18-6-10(15)14-4-3-11(16)17/h1-2,5H,3-4,6H2,(H,14,15)(H,16,17). The Labute approximate surface area is 111 Å². The summed E-state index contributed by atoms with van der Waals surface area (Å²) in [6, 6.07) is 3.82. The van der Waals surface area contributed by atoms with Gasteiger partial charge in [-0.25, -0.2) is 4.39 Å². The number of carbonyl (C=O) groups is 2. The van der Waals surface area contributed by atoms with Gasteiger partial charge in [-0.05, 0) is 34.1 Å². The van der Waals surface area contributed by atoms with Crippen molar-refractivity contribution in [2.75, 3.05) is 13.2 Å². The second-order valence-corrected chi connectivity index (χ2v) is 4.21. The van der Waals surface area contributed by atoms with Gasteiger partial charge >= 0.3 is 5.97 Å². The van der Waals surface area contributed by atoms with E-state index in [-0.39, 0.29) is 19.6 Å². The molecule has 0 aliphatic heterocycles. The summed E-state index contributed by atoms with van der Waals surface area (Å²) in [6.07, 6.45) is -0.147. The van der Waals surface area contributed by atoms with Gasteiger partial charge in [0.1, 0.15) is 11.6 Å². The summed E-state index contributed by atoms with van der Waals surface area (Å²) in [6.45, 7) is -0.216. The smallest absolute Gasteiger partial charge is 0.305 e. The second kappa shape index (κ2) is 6.95. The average Bonchev–Trinajstić information content (AvgIpc) is 2.27. The highest BCUT2D eigenvalue weighted by Crippen LogP contribution is 2.25. The predicted molar refractivity (Wildman–Crippen MR) is 64.9 cm³/mol. The largest absolute Gasteiger partial charge is 0.483 e. The fourth-order valence-electron chi connectivity index (χ4n) is 1.10. The third-order valence-corrected chi connectivity index (χ3v) is 2.53. The van der Waals surface area contributed by atoms with Crippen LogP contribution in [-0.4, -0.2) is 30.1 Å². The number of aliphatic carboxylic acids is 1. The van der Waals surface area contributed by atoms with E-state index in [4.69, 9.17) is 9.84 Å². The lowest BCUT2D eigenvalue weighted by Gasteiger charge is -2.08. The number of carboxylic acid groups (broad SMARTS) is 1. The van der Waals surface area contributed by atoms with E-state index in [1.807, 2.05) is 0 Å². The number of hydrogen-bond donors (Lipinski definition) is 2. The maximum absolute atomic E-state index is 12.8. The van der Waals surface area contributed by atoms with Crippen LogP contribution in [0.15, 0.2) is 22.7 Å². The zero-order valence-electron chi connectivity index (χ0n) is 9.28. The fourth-order valence-corrected chi connectivity index (χ4v) is 1.56. The molecule has 0 aliphatic rings. The Morgan fingerprint density at radius 3 is 2.78 bits per heavy atom. The van der Waals surface area contributed by atoms with Crippen LogP contribution in [0.4, 0.5) is 4.39 Å². The topological polar surface area (TPSA) is 75.6 Å². The highest BCUT2D eigenvalue weighted by Gasteiger charge is 2.06. The first-order valence-electron chi connectivity index (χ1n) is 5.05. The molecule has 0 unspecified atom stereocenters. The van der Waals surface area contributed by atoms with Crippen molar-refractivity contribution in [3.63, 3.8) is 0 Å². The van der Waals surface area contributed by atoms with E-state index in [2.05, 4.69) is 21.2 Å². The van der Waals surface area contributed by atoms with Crippen LogP contribution in [0.2, 0.25) is 0 Å². The van der Waals surface area contributed by atoms with Crippen LogP contribution < -0.4 is 10.1 Å². The van der Waals surface area contributed by atoms with Crippen molar-refractivity contribution in [1.82, 2.24) is 5.32 Å². The van der Waals surface area contributed by atoms with E-state index in [1.165, 1.54) is 18.2 Å². The third kappa shape index (κ3) is 5.13. The monoisotopic (exact) mass is 319 g/mol. The zero-order valence-corrected chi connectivity index (χ0v) is 10.9. The van der Waals surface area contributed by atoms with Crippen molar-refractivity contribution in [3.8, 4) is 5.75 Å². The number of carboxylic acids is 1. The molecular weight excluding hydrogens is 309 g/mol. The molecule has 0 saturated heterocycles. The normalized spacial score (nSPS) is 9.89. The molecule has 1 rings (SSSR count). The molecule has 5 nitrogen and oxygen atoms in total. The van der Waals surface area contributed by atoms with Crippen LogP contribution >= 0.6 is 15.9 Å². The molecule has 0 atom stereocenters. The molecule has 0 spiro atoms. The van der Waals surface area contributed by atoms with Crippen molar-refractivity contribution >= 4 is 27.8 Å². The Morgan fingerprint density at radius 1 is 1.44 bits per heavy atom. The Bertz CT molecular complexity index is 453. The number of hydrogen-bond acceptors (Lipinski definition) is 3. The molecule has 0 fully saturated rings. The number of rotatable bonds is 6.